The number of hydrogen-bond donors (Lipinski definition) is 2. The Morgan fingerprint density at radius 2 is 1.81 bits per heavy atom. The van der Waals surface area contributed by atoms with E-state index in [9.17, 15) is 21.6 Å². The molecule has 1 fully saturated rings. The molecule has 1 saturated heterocycles. The zero-order valence-corrected chi connectivity index (χ0v) is 19.7. The van der Waals surface area contributed by atoms with Crippen molar-refractivity contribution in [3.63, 3.8) is 0 Å². The molecule has 32 heavy (non-hydrogen) atoms. The molecule has 0 saturated carbocycles. The van der Waals surface area contributed by atoms with Crippen molar-refractivity contribution in [1.29, 1.82) is 0 Å². The summed E-state index contributed by atoms with van der Waals surface area (Å²) in [6, 6.07) is 9.73. The lowest BCUT2D eigenvalue weighted by Crippen LogP contribution is -2.43. The monoisotopic (exact) mass is 501 g/mol. The van der Waals surface area contributed by atoms with Crippen LogP contribution in [0.5, 0.6) is 5.75 Å². The van der Waals surface area contributed by atoms with Crippen molar-refractivity contribution in [3.05, 3.63) is 47.5 Å². The van der Waals surface area contributed by atoms with Gasteiger partial charge < -0.3 is 10.1 Å². The van der Waals surface area contributed by atoms with Crippen molar-refractivity contribution in [2.75, 3.05) is 25.0 Å². The topological polar surface area (TPSA) is 136 Å². The van der Waals surface area contributed by atoms with E-state index in [1.165, 1.54) is 46.8 Å². The van der Waals surface area contributed by atoms with Crippen molar-refractivity contribution in [3.8, 4) is 5.75 Å². The molecule has 0 unspecified atom stereocenters. The van der Waals surface area contributed by atoms with E-state index < -0.39 is 26.0 Å². The molecule has 1 aliphatic rings. The normalized spacial score (nSPS) is 17.7. The summed E-state index contributed by atoms with van der Waals surface area (Å²) in [7, 11) is -7.68. The van der Waals surface area contributed by atoms with Gasteiger partial charge in [0.2, 0.25) is 26.0 Å². The Labute approximate surface area is 192 Å². The van der Waals surface area contributed by atoms with Crippen LogP contribution in [0.15, 0.2) is 52.3 Å². The van der Waals surface area contributed by atoms with Crippen molar-refractivity contribution < 1.29 is 26.4 Å². The second kappa shape index (κ2) is 9.75. The van der Waals surface area contributed by atoms with Crippen LogP contribution in [-0.4, -0.2) is 46.7 Å². The van der Waals surface area contributed by atoms with E-state index >= 15 is 0 Å². The van der Waals surface area contributed by atoms with E-state index in [2.05, 4.69) is 5.32 Å². The number of anilines is 1. The molecule has 2 aromatic carbocycles. The first-order chi connectivity index (χ1) is 15.0. The third-order valence-electron chi connectivity index (χ3n) is 5.05. The van der Waals surface area contributed by atoms with Gasteiger partial charge in [0, 0.05) is 18.8 Å². The van der Waals surface area contributed by atoms with Gasteiger partial charge in [0.15, 0.2) is 0 Å². The number of halogens is 1. The first-order valence-corrected chi connectivity index (χ1v) is 13.2. The standard InChI is InChI=1S/C20H24ClN3O6S2/c1-2-30-19-10-9-17(12-18(19)21)32(28,29)24-11-3-4-14(13-24)20(25)23-15-5-7-16(8-6-15)31(22,26)27/h5-10,12,14H,2-4,11,13H2,1H3,(H,23,25)(H2,22,26,27)/t14-/m0/s1. The van der Waals surface area contributed by atoms with Gasteiger partial charge in [-0.2, -0.15) is 4.31 Å². The molecule has 174 valence electrons. The molecule has 0 aliphatic carbocycles. The molecule has 0 spiro atoms. The van der Waals surface area contributed by atoms with Gasteiger partial charge in [0.25, 0.3) is 0 Å². The van der Waals surface area contributed by atoms with Crippen molar-refractivity contribution in [2.24, 2.45) is 11.1 Å². The summed E-state index contributed by atoms with van der Waals surface area (Å²) >= 11 is 6.14. The highest BCUT2D eigenvalue weighted by molar-refractivity contribution is 7.89. The number of nitrogens with one attached hydrogen (secondary N) is 1. The molecule has 1 aliphatic heterocycles. The fraction of sp³-hybridized carbons (Fsp3) is 0.350. The molecule has 1 atom stereocenters. The molecule has 3 rings (SSSR count). The average molecular weight is 502 g/mol. The summed E-state index contributed by atoms with van der Waals surface area (Å²) in [5.74, 6) is -0.509. The van der Waals surface area contributed by atoms with Gasteiger partial charge in [-0.25, -0.2) is 22.0 Å². The van der Waals surface area contributed by atoms with E-state index in [0.29, 0.717) is 37.4 Å². The number of sulfonamides is 2. The molecule has 0 radical (unpaired) electrons. The predicted molar refractivity (Wildman–Crippen MR) is 121 cm³/mol. The fourth-order valence-corrected chi connectivity index (χ4v) is 5.78. The van der Waals surface area contributed by atoms with Gasteiger partial charge in [-0.3, -0.25) is 4.79 Å². The molecular weight excluding hydrogens is 478 g/mol. The van der Waals surface area contributed by atoms with Crippen LogP contribution >= 0.6 is 11.6 Å². The predicted octanol–water partition coefficient (Wildman–Crippen LogP) is 2.43. The third-order valence-corrected chi connectivity index (χ3v) is 8.13. The van der Waals surface area contributed by atoms with Gasteiger partial charge in [-0.15, -0.1) is 0 Å². The largest absolute Gasteiger partial charge is 0.492 e. The second-order valence-electron chi connectivity index (χ2n) is 7.29. The van der Waals surface area contributed by atoms with Crippen LogP contribution in [0.25, 0.3) is 0 Å². The number of nitrogens with two attached hydrogens (primary N) is 1. The number of carbonyl (C=O) groups is 1. The number of piperidine rings is 1. The van der Waals surface area contributed by atoms with Gasteiger partial charge in [-0.05, 0) is 62.2 Å². The Morgan fingerprint density at radius 3 is 2.41 bits per heavy atom. The average Bonchev–Trinajstić information content (AvgIpc) is 2.75. The molecule has 2 aromatic rings. The smallest absolute Gasteiger partial charge is 0.243 e. The van der Waals surface area contributed by atoms with Crippen LogP contribution in [-0.2, 0) is 24.8 Å². The number of primary sulfonamides is 1. The zero-order valence-electron chi connectivity index (χ0n) is 17.3. The number of benzene rings is 2. The lowest BCUT2D eigenvalue weighted by Gasteiger charge is -2.31. The summed E-state index contributed by atoms with van der Waals surface area (Å²) in [6.07, 6.45) is 1.05. The van der Waals surface area contributed by atoms with Crippen LogP contribution in [0.3, 0.4) is 0 Å². The Bertz CT molecular complexity index is 1200. The minimum Gasteiger partial charge on any atom is -0.492 e. The van der Waals surface area contributed by atoms with E-state index in [4.69, 9.17) is 21.5 Å². The maximum Gasteiger partial charge on any atom is 0.243 e. The minimum atomic E-state index is -3.84. The third kappa shape index (κ3) is 5.59. The van der Waals surface area contributed by atoms with E-state index in [1.54, 1.807) is 6.92 Å². The summed E-state index contributed by atoms with van der Waals surface area (Å²) in [5, 5.41) is 7.96. The fourth-order valence-electron chi connectivity index (χ4n) is 3.41. The minimum absolute atomic E-state index is 0.0221. The molecular formula is C20H24ClN3O6S2. The van der Waals surface area contributed by atoms with Gasteiger partial charge in [-0.1, -0.05) is 11.6 Å². The number of ether oxygens (including phenoxy) is 1. The first kappa shape index (κ1) is 24.5. The molecule has 9 nitrogen and oxygen atoms in total. The van der Waals surface area contributed by atoms with Crippen LogP contribution in [0.1, 0.15) is 19.8 Å². The molecule has 3 N–H and O–H groups in total. The highest BCUT2D eigenvalue weighted by Gasteiger charge is 2.33. The first-order valence-electron chi connectivity index (χ1n) is 9.88. The Kier molecular flexibility index (Phi) is 7.46. The maximum atomic E-state index is 13.1. The van der Waals surface area contributed by atoms with Crippen LogP contribution in [0, 0.1) is 5.92 Å². The number of nitrogens with zero attached hydrogens (tertiary/aromatic N) is 1. The van der Waals surface area contributed by atoms with Crippen molar-refractivity contribution in [1.82, 2.24) is 4.31 Å². The molecule has 1 amide bonds. The van der Waals surface area contributed by atoms with E-state index in [-0.39, 0.29) is 27.3 Å². The number of rotatable bonds is 7. The number of hydrogen-bond acceptors (Lipinski definition) is 6. The highest BCUT2D eigenvalue weighted by Crippen LogP contribution is 2.30. The molecule has 12 heteroatoms. The lowest BCUT2D eigenvalue weighted by atomic mass is 9.99. The molecule has 0 bridgehead atoms. The Balaban J connectivity index is 1.71. The lowest BCUT2D eigenvalue weighted by molar-refractivity contribution is -0.120. The number of amides is 1. The van der Waals surface area contributed by atoms with Crippen LogP contribution in [0.2, 0.25) is 5.02 Å². The van der Waals surface area contributed by atoms with Crippen LogP contribution < -0.4 is 15.2 Å². The zero-order chi connectivity index (χ0) is 23.5. The Hall–Kier alpha value is -2.18. The summed E-state index contributed by atoms with van der Waals surface area (Å²) in [5.41, 5.74) is 0.390. The van der Waals surface area contributed by atoms with Crippen molar-refractivity contribution in [2.45, 2.75) is 29.6 Å². The van der Waals surface area contributed by atoms with Crippen molar-refractivity contribution >= 4 is 43.2 Å². The van der Waals surface area contributed by atoms with E-state index in [1.807, 2.05) is 0 Å². The quantitative estimate of drug-likeness (QED) is 0.598. The summed E-state index contributed by atoms with van der Waals surface area (Å²) in [4.78, 5) is 12.7. The second-order valence-corrected chi connectivity index (χ2v) is 11.2. The maximum absolute atomic E-state index is 13.1. The highest BCUT2D eigenvalue weighted by atomic mass is 35.5. The Morgan fingerprint density at radius 1 is 1.16 bits per heavy atom. The SMILES string of the molecule is CCOc1ccc(S(=O)(=O)N2CCC[C@H](C(=O)Nc3ccc(S(N)(=O)=O)cc3)C2)cc1Cl. The summed E-state index contributed by atoms with van der Waals surface area (Å²) in [6.45, 7) is 2.52. The summed E-state index contributed by atoms with van der Waals surface area (Å²) < 4.78 is 55.5. The molecule has 1 heterocycles. The van der Waals surface area contributed by atoms with E-state index in [0.717, 1.165) is 0 Å². The van der Waals surface area contributed by atoms with Gasteiger partial charge >= 0.3 is 0 Å². The van der Waals surface area contributed by atoms with Gasteiger partial charge in [0.05, 0.1) is 27.3 Å². The van der Waals surface area contributed by atoms with Gasteiger partial charge in [0.1, 0.15) is 5.75 Å². The molecule has 0 aromatic heterocycles. The number of carbonyl (C=O) groups excluding carboxylic acids is 1. The van der Waals surface area contributed by atoms with Crippen LogP contribution in [0.4, 0.5) is 5.69 Å².